The zero-order chi connectivity index (χ0) is 14.3. The maximum atomic E-state index is 12.0. The Balaban J connectivity index is 1.97. The first-order valence-electron chi connectivity index (χ1n) is 6.41. The first-order valence-corrected chi connectivity index (χ1v) is 8.24. The fourth-order valence-corrected chi connectivity index (χ4v) is 4.96. The summed E-state index contributed by atoms with van der Waals surface area (Å²) in [6.45, 7) is 1.70. The minimum atomic E-state index is -3.08. The third kappa shape index (κ3) is 2.91. The van der Waals surface area contributed by atoms with Crippen LogP contribution in [-0.4, -0.2) is 42.4 Å². The van der Waals surface area contributed by atoms with Gasteiger partial charge in [-0.3, -0.25) is 9.59 Å². The molecular weight excluding hydrogens is 270 g/mol. The maximum Gasteiger partial charge on any atom is 0.310 e. The summed E-state index contributed by atoms with van der Waals surface area (Å²) in [7, 11) is -3.08. The fraction of sp³-hybridized carbons (Fsp3) is 0.833. The molecule has 108 valence electrons. The third-order valence-corrected chi connectivity index (χ3v) is 6.11. The number of sulfone groups is 1. The predicted octanol–water partition coefficient (Wildman–Crippen LogP) is 0.325. The van der Waals surface area contributed by atoms with Crippen molar-refractivity contribution in [3.8, 4) is 0 Å². The van der Waals surface area contributed by atoms with Crippen LogP contribution in [0.3, 0.4) is 0 Å². The molecule has 1 amide bonds. The van der Waals surface area contributed by atoms with E-state index in [1.54, 1.807) is 6.92 Å². The van der Waals surface area contributed by atoms with Gasteiger partial charge in [0.25, 0.3) is 0 Å². The number of aliphatic carboxylic acids is 1. The lowest BCUT2D eigenvalue weighted by Crippen LogP contribution is -2.50. The minimum Gasteiger partial charge on any atom is -0.481 e. The summed E-state index contributed by atoms with van der Waals surface area (Å²) in [4.78, 5) is 23.1. The smallest absolute Gasteiger partial charge is 0.310 e. The molecule has 19 heavy (non-hydrogen) atoms. The zero-order valence-electron chi connectivity index (χ0n) is 10.9. The molecule has 1 unspecified atom stereocenters. The maximum absolute atomic E-state index is 12.0. The Kier molecular flexibility index (Phi) is 3.36. The number of amides is 1. The molecule has 1 aliphatic heterocycles. The number of carbonyl (C=O) groups is 2. The Bertz CT molecular complexity index is 508. The number of nitrogens with one attached hydrogen (secondary N) is 1. The third-order valence-electron chi connectivity index (χ3n) is 4.21. The van der Waals surface area contributed by atoms with E-state index in [1.165, 1.54) is 0 Å². The Morgan fingerprint density at radius 2 is 1.89 bits per heavy atom. The van der Waals surface area contributed by atoms with E-state index in [0.29, 0.717) is 19.3 Å². The van der Waals surface area contributed by atoms with Crippen LogP contribution in [0.25, 0.3) is 0 Å². The normalized spacial score (nSPS) is 31.4. The molecule has 2 aliphatic rings. The second-order valence-corrected chi connectivity index (χ2v) is 8.25. The van der Waals surface area contributed by atoms with E-state index in [0.717, 1.165) is 6.42 Å². The van der Waals surface area contributed by atoms with E-state index in [4.69, 9.17) is 5.11 Å². The molecule has 0 aromatic carbocycles. The molecule has 0 spiro atoms. The van der Waals surface area contributed by atoms with Crippen LogP contribution < -0.4 is 5.32 Å². The molecule has 7 heteroatoms. The van der Waals surface area contributed by atoms with Gasteiger partial charge in [-0.05, 0) is 26.2 Å². The molecule has 0 aromatic rings. The number of hydrogen-bond acceptors (Lipinski definition) is 4. The highest BCUT2D eigenvalue weighted by Crippen LogP contribution is 2.44. The first-order chi connectivity index (χ1) is 8.67. The van der Waals surface area contributed by atoms with Crippen LogP contribution in [0, 0.1) is 5.41 Å². The monoisotopic (exact) mass is 289 g/mol. The quantitative estimate of drug-likeness (QED) is 0.776. The fourth-order valence-electron chi connectivity index (χ4n) is 2.87. The van der Waals surface area contributed by atoms with E-state index in [2.05, 4.69) is 5.32 Å². The Morgan fingerprint density at radius 1 is 1.26 bits per heavy atom. The molecule has 1 saturated heterocycles. The molecule has 2 rings (SSSR count). The van der Waals surface area contributed by atoms with Crippen molar-refractivity contribution >= 4 is 21.7 Å². The van der Waals surface area contributed by atoms with Crippen LogP contribution in [0.5, 0.6) is 0 Å². The molecule has 1 atom stereocenters. The zero-order valence-corrected chi connectivity index (χ0v) is 11.8. The minimum absolute atomic E-state index is 0.0576. The number of rotatable bonds is 4. The van der Waals surface area contributed by atoms with Gasteiger partial charge in [-0.1, -0.05) is 6.42 Å². The largest absolute Gasteiger partial charge is 0.481 e. The molecule has 1 saturated carbocycles. The molecule has 6 nitrogen and oxygen atoms in total. The highest BCUT2D eigenvalue weighted by molar-refractivity contribution is 7.91. The van der Waals surface area contributed by atoms with Gasteiger partial charge < -0.3 is 10.4 Å². The van der Waals surface area contributed by atoms with Crippen LogP contribution in [0.4, 0.5) is 0 Å². The van der Waals surface area contributed by atoms with Gasteiger partial charge >= 0.3 is 5.97 Å². The molecule has 2 N–H and O–H groups in total. The average Bonchev–Trinajstić information content (AvgIpc) is 2.46. The van der Waals surface area contributed by atoms with Gasteiger partial charge in [0.2, 0.25) is 5.91 Å². The summed E-state index contributed by atoms with van der Waals surface area (Å²) < 4.78 is 22.9. The van der Waals surface area contributed by atoms with Gasteiger partial charge in [-0.25, -0.2) is 8.42 Å². The van der Waals surface area contributed by atoms with E-state index < -0.39 is 26.8 Å². The lowest BCUT2D eigenvalue weighted by Gasteiger charge is -2.38. The van der Waals surface area contributed by atoms with Gasteiger partial charge in [0, 0.05) is 6.42 Å². The van der Waals surface area contributed by atoms with Crippen LogP contribution in [0.2, 0.25) is 0 Å². The highest BCUT2D eigenvalue weighted by Gasteiger charge is 2.47. The van der Waals surface area contributed by atoms with Crippen LogP contribution in [0.1, 0.15) is 39.0 Å². The van der Waals surface area contributed by atoms with Crippen LogP contribution in [0.15, 0.2) is 0 Å². The van der Waals surface area contributed by atoms with Crippen molar-refractivity contribution in [2.24, 2.45) is 5.41 Å². The Morgan fingerprint density at radius 3 is 2.26 bits per heavy atom. The van der Waals surface area contributed by atoms with Gasteiger partial charge in [-0.2, -0.15) is 0 Å². The van der Waals surface area contributed by atoms with E-state index >= 15 is 0 Å². The van der Waals surface area contributed by atoms with Crippen molar-refractivity contribution in [3.05, 3.63) is 0 Å². The van der Waals surface area contributed by atoms with Crippen molar-refractivity contribution < 1.29 is 23.1 Å². The number of carboxylic acid groups (broad SMARTS) is 1. The van der Waals surface area contributed by atoms with Crippen LogP contribution >= 0.6 is 0 Å². The van der Waals surface area contributed by atoms with E-state index in [1.807, 2.05) is 0 Å². The van der Waals surface area contributed by atoms with Gasteiger partial charge in [0.1, 0.15) is 0 Å². The predicted molar refractivity (Wildman–Crippen MR) is 68.4 cm³/mol. The van der Waals surface area contributed by atoms with E-state index in [9.17, 15) is 18.0 Å². The average molecular weight is 289 g/mol. The topological polar surface area (TPSA) is 101 Å². The summed E-state index contributed by atoms with van der Waals surface area (Å²) in [5.41, 5.74) is -1.68. The summed E-state index contributed by atoms with van der Waals surface area (Å²) in [6.07, 6.45) is 2.19. The SMILES string of the molecule is CC1(NC(=O)CC2(C(=O)O)CCC2)CCS(=O)(=O)C1. The number of hydrogen-bond donors (Lipinski definition) is 2. The molecule has 1 heterocycles. The lowest BCUT2D eigenvalue weighted by molar-refractivity contribution is -0.157. The molecule has 1 aliphatic carbocycles. The highest BCUT2D eigenvalue weighted by atomic mass is 32.2. The van der Waals surface area contributed by atoms with Gasteiger partial charge in [0.05, 0.1) is 22.5 Å². The summed E-state index contributed by atoms with van der Waals surface area (Å²) in [5, 5.41) is 11.9. The molecule has 0 aromatic heterocycles. The van der Waals surface area contributed by atoms with Crippen LogP contribution in [-0.2, 0) is 19.4 Å². The molecule has 2 fully saturated rings. The first kappa shape index (κ1) is 14.3. The lowest BCUT2D eigenvalue weighted by atomic mass is 9.66. The number of carbonyl (C=O) groups excluding carboxylic acids is 1. The van der Waals surface area contributed by atoms with Crippen molar-refractivity contribution in [1.82, 2.24) is 5.32 Å². The van der Waals surface area contributed by atoms with Crippen molar-refractivity contribution in [1.29, 1.82) is 0 Å². The van der Waals surface area contributed by atoms with E-state index in [-0.39, 0.29) is 23.8 Å². The standard InChI is InChI=1S/C12H19NO5S/c1-11(5-6-19(17,18)8-11)13-9(14)7-12(10(15)16)3-2-4-12/h2-8H2,1H3,(H,13,14)(H,15,16). The van der Waals surface area contributed by atoms with Gasteiger partial charge in [0.15, 0.2) is 9.84 Å². The second-order valence-electron chi connectivity index (χ2n) is 6.07. The Labute approximate surface area is 112 Å². The van der Waals surface area contributed by atoms with Crippen molar-refractivity contribution in [3.63, 3.8) is 0 Å². The molecular formula is C12H19NO5S. The summed E-state index contributed by atoms with van der Waals surface area (Å²) in [6, 6.07) is 0. The Hall–Kier alpha value is -1.11. The molecule has 0 bridgehead atoms. The number of carboxylic acids is 1. The second kappa shape index (κ2) is 4.47. The summed E-state index contributed by atoms with van der Waals surface area (Å²) in [5.74, 6) is -1.28. The van der Waals surface area contributed by atoms with Crippen molar-refractivity contribution in [2.45, 2.75) is 44.6 Å². The summed E-state index contributed by atoms with van der Waals surface area (Å²) >= 11 is 0. The van der Waals surface area contributed by atoms with Gasteiger partial charge in [-0.15, -0.1) is 0 Å². The van der Waals surface area contributed by atoms with Crippen molar-refractivity contribution in [2.75, 3.05) is 11.5 Å². The molecule has 0 radical (unpaired) electrons.